The van der Waals surface area contributed by atoms with Crippen LogP contribution in [0.3, 0.4) is 0 Å². The van der Waals surface area contributed by atoms with Crippen molar-refractivity contribution in [1.29, 1.82) is 0 Å². The number of aryl methyl sites for hydroxylation is 1. The van der Waals surface area contributed by atoms with Crippen LogP contribution in [0.15, 0.2) is 18.2 Å². The van der Waals surface area contributed by atoms with Gasteiger partial charge in [0, 0.05) is 34.7 Å². The van der Waals surface area contributed by atoms with Crippen molar-refractivity contribution in [2.45, 2.75) is 110 Å². The lowest BCUT2D eigenvalue weighted by Crippen LogP contribution is -2.59. The SMILES string of the molecule is CC[C@@H]1C[C@]1(NC(=O)[C@@H]1C[C@@H](Oc2cc(-c3nc(NC(C)C)sc3C)nc3c(Cl)c(OC)ccc23)CN1C(=O)[C@@H](NC(=O)O[C@@H]1CC2C3C1[C@H]23)C(C)(C)C)C(=O)O. The number of carbonyl (C=O) groups excluding carboxylic acids is 3. The zero-order valence-corrected chi connectivity index (χ0v) is 35.0. The van der Waals surface area contributed by atoms with Crippen LogP contribution in [-0.2, 0) is 19.1 Å². The van der Waals surface area contributed by atoms with Crippen LogP contribution in [0.5, 0.6) is 11.5 Å². The first-order chi connectivity index (χ1) is 26.9. The standard InChI is InChI=1S/C41H51ClN6O8S/c1-9-19-15-41(19,37(51)52)47-35(49)24-12-20(16-48(24)36(50)34(40(5,6)7)46-39(53)56-27-13-22-28-29(22)30(27)28)55-26-14-23(32-18(4)57-38(45-32)43-17(2)3)44-33-21(26)10-11-25(54-8)31(33)42/h10-11,14,17,19-20,22,24,27-30,34H,9,12-13,15-16H2,1-8H3,(H,43,45)(H,46,53)(H,47,49)(H,51,52)/t19-,20-,22?,24+,27-,28-,29?,30?,34-,41-/m1/s1. The van der Waals surface area contributed by atoms with Gasteiger partial charge in [0.05, 0.1) is 24.9 Å². The van der Waals surface area contributed by atoms with Crippen LogP contribution in [0.4, 0.5) is 9.93 Å². The van der Waals surface area contributed by atoms with E-state index in [9.17, 15) is 24.3 Å². The van der Waals surface area contributed by atoms with Gasteiger partial charge in [-0.1, -0.05) is 45.7 Å². The lowest BCUT2D eigenvalue weighted by atomic mass is 9.85. The van der Waals surface area contributed by atoms with Crippen LogP contribution in [-0.4, -0.2) is 93.4 Å². The summed E-state index contributed by atoms with van der Waals surface area (Å²) < 4.78 is 18.1. The number of anilines is 1. The number of nitrogens with one attached hydrogen (secondary N) is 3. The molecule has 2 aromatic heterocycles. The highest BCUT2D eigenvalue weighted by Crippen LogP contribution is 2.82. The molecule has 4 N–H and O–H groups in total. The van der Waals surface area contributed by atoms with Gasteiger partial charge in [0.25, 0.3) is 0 Å². The Morgan fingerprint density at radius 1 is 1.11 bits per heavy atom. The smallest absolute Gasteiger partial charge is 0.408 e. The number of carboxylic acids is 1. The summed E-state index contributed by atoms with van der Waals surface area (Å²) in [5, 5.41) is 20.8. The summed E-state index contributed by atoms with van der Waals surface area (Å²) in [4.78, 5) is 66.8. The number of hydrogen-bond acceptors (Lipinski definition) is 11. The molecular formula is C41H51ClN6O8S. The van der Waals surface area contributed by atoms with Gasteiger partial charge in [0.15, 0.2) is 5.13 Å². The number of benzene rings is 1. The molecule has 6 aliphatic rings. The summed E-state index contributed by atoms with van der Waals surface area (Å²) in [5.74, 6) is 0.890. The molecule has 5 aliphatic carbocycles. The topological polar surface area (TPSA) is 181 Å². The van der Waals surface area contributed by atoms with Gasteiger partial charge in [-0.25, -0.2) is 19.6 Å². The maximum absolute atomic E-state index is 14.7. The van der Waals surface area contributed by atoms with Gasteiger partial charge < -0.3 is 40.2 Å². The van der Waals surface area contributed by atoms with Gasteiger partial charge >= 0.3 is 12.1 Å². The minimum Gasteiger partial charge on any atom is -0.495 e. The van der Waals surface area contributed by atoms with Crippen LogP contribution < -0.4 is 25.4 Å². The quantitative estimate of drug-likeness (QED) is 0.153. The molecule has 3 unspecified atom stereocenters. The van der Waals surface area contributed by atoms with Crippen molar-refractivity contribution in [2.24, 2.45) is 35.0 Å². The highest BCUT2D eigenvalue weighted by molar-refractivity contribution is 7.16. The van der Waals surface area contributed by atoms with E-state index in [2.05, 4.69) is 16.0 Å². The third-order valence-corrected chi connectivity index (χ3v) is 13.9. The average molecular weight is 823 g/mol. The summed E-state index contributed by atoms with van der Waals surface area (Å²) in [6, 6.07) is 3.32. The van der Waals surface area contributed by atoms with Gasteiger partial charge in [0.2, 0.25) is 11.8 Å². The number of carbonyl (C=O) groups is 4. The monoisotopic (exact) mass is 822 g/mol. The normalized spacial score (nSPS) is 29.8. The fourth-order valence-corrected chi connectivity index (χ4v) is 10.6. The molecule has 3 amide bonds. The highest BCUT2D eigenvalue weighted by Gasteiger charge is 2.81. The number of alkyl carbamates (subject to hydrolysis) is 1. The van der Waals surface area contributed by atoms with E-state index in [1.807, 2.05) is 48.5 Å². The molecule has 0 spiro atoms. The minimum absolute atomic E-state index is 0.0194. The molecule has 5 saturated carbocycles. The second-order valence-electron chi connectivity index (χ2n) is 17.8. The molecule has 1 aromatic carbocycles. The number of aromatic nitrogens is 2. The van der Waals surface area contributed by atoms with E-state index in [1.165, 1.54) is 23.3 Å². The molecule has 1 saturated heterocycles. The molecule has 16 heteroatoms. The molecule has 6 fully saturated rings. The van der Waals surface area contributed by atoms with Gasteiger partial charge in [-0.15, -0.1) is 11.3 Å². The number of nitrogens with zero attached hydrogens (tertiary/aromatic N) is 3. The Labute approximate surface area is 340 Å². The van der Waals surface area contributed by atoms with E-state index in [0.717, 1.165) is 16.4 Å². The Balaban J connectivity index is 1.11. The molecule has 3 aromatic rings. The third kappa shape index (κ3) is 7.02. The van der Waals surface area contributed by atoms with Crippen LogP contribution in [0, 0.1) is 41.9 Å². The van der Waals surface area contributed by atoms with Crippen molar-refractivity contribution in [3.05, 3.63) is 28.1 Å². The van der Waals surface area contributed by atoms with Crippen molar-refractivity contribution in [3.8, 4) is 22.9 Å². The second kappa shape index (κ2) is 14.2. The number of aliphatic carboxylic acids is 1. The summed E-state index contributed by atoms with van der Waals surface area (Å²) in [6.45, 7) is 13.4. The van der Waals surface area contributed by atoms with Gasteiger partial charge in [-0.2, -0.15) is 0 Å². The first-order valence-electron chi connectivity index (χ1n) is 19.9. The number of fused-ring (bicyclic) bond motifs is 2. The van der Waals surface area contributed by atoms with E-state index in [1.54, 1.807) is 18.2 Å². The van der Waals surface area contributed by atoms with Crippen molar-refractivity contribution in [3.63, 3.8) is 0 Å². The minimum atomic E-state index is -1.41. The molecule has 306 valence electrons. The van der Waals surface area contributed by atoms with E-state index >= 15 is 0 Å². The van der Waals surface area contributed by atoms with E-state index in [4.69, 9.17) is 35.8 Å². The third-order valence-electron chi connectivity index (χ3n) is 12.6. The van der Waals surface area contributed by atoms with Crippen molar-refractivity contribution in [2.75, 3.05) is 19.0 Å². The molecular weight excluding hydrogens is 772 g/mol. The van der Waals surface area contributed by atoms with Crippen molar-refractivity contribution in [1.82, 2.24) is 25.5 Å². The Morgan fingerprint density at radius 2 is 1.84 bits per heavy atom. The number of pyridine rings is 1. The predicted octanol–water partition coefficient (Wildman–Crippen LogP) is 6.27. The summed E-state index contributed by atoms with van der Waals surface area (Å²) in [7, 11) is 1.52. The molecule has 10 atom stereocenters. The molecule has 0 radical (unpaired) electrons. The number of thiazole rings is 1. The number of carboxylic acid groups (broad SMARTS) is 1. The first kappa shape index (κ1) is 39.5. The Kier molecular flexibility index (Phi) is 9.81. The number of likely N-dealkylation sites (tertiary alicyclic amines) is 1. The molecule has 57 heavy (non-hydrogen) atoms. The fraction of sp³-hybridized carbons (Fsp3) is 0.610. The van der Waals surface area contributed by atoms with Gasteiger partial charge in [-0.05, 0) is 74.8 Å². The largest absolute Gasteiger partial charge is 0.495 e. The maximum atomic E-state index is 14.7. The van der Waals surface area contributed by atoms with E-state index in [-0.39, 0.29) is 36.1 Å². The van der Waals surface area contributed by atoms with Crippen LogP contribution in [0.2, 0.25) is 5.02 Å². The van der Waals surface area contributed by atoms with Crippen molar-refractivity contribution >= 4 is 62.8 Å². The van der Waals surface area contributed by atoms with Crippen LogP contribution >= 0.6 is 22.9 Å². The molecule has 9 rings (SSSR count). The second-order valence-corrected chi connectivity index (χ2v) is 19.4. The Bertz CT molecular complexity index is 2140. The summed E-state index contributed by atoms with van der Waals surface area (Å²) >= 11 is 8.37. The highest BCUT2D eigenvalue weighted by atomic mass is 35.5. The molecule has 1 aliphatic heterocycles. The number of methoxy groups -OCH3 is 1. The summed E-state index contributed by atoms with van der Waals surface area (Å²) in [6.07, 6.45) is 0.276. The number of amides is 3. The zero-order valence-electron chi connectivity index (χ0n) is 33.5. The van der Waals surface area contributed by atoms with Crippen molar-refractivity contribution < 1.29 is 38.5 Å². The van der Waals surface area contributed by atoms with Gasteiger partial charge in [0.1, 0.15) is 52.0 Å². The molecule has 2 bridgehead atoms. The summed E-state index contributed by atoms with van der Waals surface area (Å²) in [5.41, 5.74) is -0.598. The molecule has 14 nitrogen and oxygen atoms in total. The Morgan fingerprint density at radius 3 is 2.44 bits per heavy atom. The maximum Gasteiger partial charge on any atom is 0.408 e. The van der Waals surface area contributed by atoms with Crippen LogP contribution in [0.25, 0.3) is 22.3 Å². The molecule has 3 heterocycles. The zero-order chi connectivity index (χ0) is 40.9. The van der Waals surface area contributed by atoms with E-state index < -0.39 is 53.0 Å². The van der Waals surface area contributed by atoms with E-state index in [0.29, 0.717) is 70.3 Å². The Hall–Kier alpha value is -4.37. The predicted molar refractivity (Wildman–Crippen MR) is 215 cm³/mol. The van der Waals surface area contributed by atoms with Gasteiger partial charge in [-0.3, -0.25) is 9.59 Å². The number of rotatable bonds is 13. The van der Waals surface area contributed by atoms with Crippen LogP contribution in [0.1, 0.15) is 72.1 Å². The lowest BCUT2D eigenvalue weighted by molar-refractivity contribution is -0.146. The first-order valence-corrected chi connectivity index (χ1v) is 21.1. The fourth-order valence-electron chi connectivity index (χ4n) is 9.38. The number of hydrogen-bond donors (Lipinski definition) is 4. The lowest BCUT2D eigenvalue weighted by Gasteiger charge is -2.35. The average Bonchev–Trinajstić information content (AvgIpc) is 4.02. The number of ether oxygens (including phenoxy) is 3. The number of halogens is 1.